The number of rotatable bonds is 5. The van der Waals surface area contributed by atoms with Crippen LogP contribution in [0.3, 0.4) is 0 Å². The number of anilines is 1. The van der Waals surface area contributed by atoms with Crippen LogP contribution in [0.1, 0.15) is 6.42 Å². The molecule has 31 heavy (non-hydrogen) atoms. The van der Waals surface area contributed by atoms with E-state index in [0.29, 0.717) is 23.3 Å². The number of nitrogens with zero attached hydrogens (tertiary/aromatic N) is 1. The number of ether oxygens (including phenoxy) is 1. The van der Waals surface area contributed by atoms with Crippen molar-refractivity contribution in [2.24, 2.45) is 35.5 Å². The number of allylic oxidation sites excluding steroid dienone is 2. The molecule has 2 aromatic rings. The fourth-order valence-corrected chi connectivity index (χ4v) is 5.75. The predicted molar refractivity (Wildman–Crippen MR) is 113 cm³/mol. The zero-order valence-corrected chi connectivity index (χ0v) is 16.8. The van der Waals surface area contributed by atoms with Crippen molar-refractivity contribution in [3.05, 3.63) is 66.7 Å². The van der Waals surface area contributed by atoms with Gasteiger partial charge in [0, 0.05) is 5.69 Å². The fourth-order valence-electron chi connectivity index (χ4n) is 5.75. The second-order valence-corrected chi connectivity index (χ2v) is 8.90. The number of benzene rings is 2. The smallest absolute Gasteiger partial charge is 0.244 e. The molecule has 3 amide bonds. The molecular formula is C25H22N2O4. The van der Waals surface area contributed by atoms with E-state index in [-0.39, 0.29) is 47.9 Å². The van der Waals surface area contributed by atoms with Gasteiger partial charge in [-0.2, -0.15) is 0 Å². The largest absolute Gasteiger partial charge is 0.457 e. The quantitative estimate of drug-likeness (QED) is 0.601. The minimum Gasteiger partial charge on any atom is -0.457 e. The van der Waals surface area contributed by atoms with Crippen LogP contribution in [0, 0.1) is 35.5 Å². The third-order valence-corrected chi connectivity index (χ3v) is 7.17. The van der Waals surface area contributed by atoms with Crippen molar-refractivity contribution < 1.29 is 19.1 Å². The molecule has 1 N–H and O–H groups in total. The van der Waals surface area contributed by atoms with E-state index in [4.69, 9.17) is 4.74 Å². The molecule has 5 aliphatic rings. The maximum absolute atomic E-state index is 13.0. The Labute approximate surface area is 179 Å². The molecule has 1 heterocycles. The summed E-state index contributed by atoms with van der Waals surface area (Å²) in [5.41, 5.74) is 0.588. The van der Waals surface area contributed by atoms with Gasteiger partial charge in [0.25, 0.3) is 0 Å². The first-order valence-electron chi connectivity index (χ1n) is 10.8. The van der Waals surface area contributed by atoms with Gasteiger partial charge in [-0.15, -0.1) is 0 Å². The van der Waals surface area contributed by atoms with Crippen molar-refractivity contribution in [1.29, 1.82) is 0 Å². The van der Waals surface area contributed by atoms with Crippen molar-refractivity contribution in [2.45, 2.75) is 6.42 Å². The van der Waals surface area contributed by atoms with Gasteiger partial charge < -0.3 is 10.1 Å². The summed E-state index contributed by atoms with van der Waals surface area (Å²) in [5, 5.41) is 2.78. The van der Waals surface area contributed by atoms with E-state index in [1.807, 2.05) is 30.3 Å². The Morgan fingerprint density at radius 1 is 0.871 bits per heavy atom. The number of imide groups is 1. The van der Waals surface area contributed by atoms with Crippen molar-refractivity contribution in [3.63, 3.8) is 0 Å². The third-order valence-electron chi connectivity index (χ3n) is 7.17. The fraction of sp³-hybridized carbons (Fsp3) is 0.320. The molecule has 6 heteroatoms. The Morgan fingerprint density at radius 3 is 2.06 bits per heavy atom. The Kier molecular flexibility index (Phi) is 4.03. The zero-order chi connectivity index (χ0) is 21.1. The molecule has 2 aromatic carbocycles. The lowest BCUT2D eigenvalue weighted by atomic mass is 9.63. The number of hydrogen-bond acceptors (Lipinski definition) is 4. The normalized spacial score (nSPS) is 31.9. The van der Waals surface area contributed by atoms with Gasteiger partial charge in [-0.3, -0.25) is 19.3 Å². The van der Waals surface area contributed by atoms with Gasteiger partial charge in [-0.05, 0) is 66.5 Å². The molecule has 4 aliphatic carbocycles. The number of carbonyl (C=O) groups is 3. The van der Waals surface area contributed by atoms with E-state index >= 15 is 0 Å². The average Bonchev–Trinajstić information content (AvgIpc) is 3.57. The molecule has 156 valence electrons. The summed E-state index contributed by atoms with van der Waals surface area (Å²) in [7, 11) is 0. The first-order valence-corrected chi connectivity index (χ1v) is 10.8. The summed E-state index contributed by atoms with van der Waals surface area (Å²) >= 11 is 0. The minimum absolute atomic E-state index is 0.168. The first kappa shape index (κ1) is 18.4. The lowest BCUT2D eigenvalue weighted by Gasteiger charge is -2.37. The van der Waals surface area contributed by atoms with Crippen LogP contribution in [0.2, 0.25) is 0 Å². The van der Waals surface area contributed by atoms with E-state index in [1.165, 1.54) is 4.90 Å². The number of nitrogens with one attached hydrogen (secondary N) is 1. The highest BCUT2D eigenvalue weighted by Gasteiger charge is 2.67. The maximum atomic E-state index is 13.0. The Balaban J connectivity index is 1.10. The molecule has 1 saturated heterocycles. The molecular weight excluding hydrogens is 392 g/mol. The topological polar surface area (TPSA) is 75.7 Å². The van der Waals surface area contributed by atoms with Crippen molar-refractivity contribution in [2.75, 3.05) is 11.9 Å². The monoisotopic (exact) mass is 414 g/mol. The van der Waals surface area contributed by atoms with Crippen molar-refractivity contribution >= 4 is 23.4 Å². The number of hydrogen-bond donors (Lipinski definition) is 1. The van der Waals surface area contributed by atoms with E-state index in [2.05, 4.69) is 17.5 Å². The van der Waals surface area contributed by atoms with Crippen LogP contribution in [0.15, 0.2) is 66.7 Å². The summed E-state index contributed by atoms with van der Waals surface area (Å²) in [6, 6.07) is 16.4. The highest BCUT2D eigenvalue weighted by Crippen LogP contribution is 2.65. The van der Waals surface area contributed by atoms with Crippen molar-refractivity contribution in [3.8, 4) is 11.5 Å². The van der Waals surface area contributed by atoms with E-state index in [1.54, 1.807) is 24.3 Å². The Hall–Kier alpha value is -3.41. The summed E-state index contributed by atoms with van der Waals surface area (Å²) in [4.78, 5) is 39.7. The molecule has 1 aliphatic heterocycles. The summed E-state index contributed by atoms with van der Waals surface area (Å²) in [6.45, 7) is -0.234. The highest BCUT2D eigenvalue weighted by atomic mass is 16.5. The molecule has 3 fully saturated rings. The van der Waals surface area contributed by atoms with Gasteiger partial charge in [0.05, 0.1) is 11.8 Å². The van der Waals surface area contributed by atoms with Gasteiger partial charge in [0.1, 0.15) is 18.0 Å². The van der Waals surface area contributed by atoms with Crippen LogP contribution in [0.5, 0.6) is 11.5 Å². The van der Waals surface area contributed by atoms with E-state index < -0.39 is 0 Å². The maximum Gasteiger partial charge on any atom is 0.244 e. The number of likely N-dealkylation sites (tertiary alicyclic amines) is 1. The van der Waals surface area contributed by atoms with Crippen LogP contribution in [-0.2, 0) is 14.4 Å². The lowest BCUT2D eigenvalue weighted by molar-refractivity contribution is -0.142. The molecule has 2 bridgehead atoms. The molecule has 7 rings (SSSR count). The number of para-hydroxylation sites is 1. The molecule has 6 atom stereocenters. The first-order chi connectivity index (χ1) is 15.1. The average molecular weight is 414 g/mol. The second kappa shape index (κ2) is 6.80. The summed E-state index contributed by atoms with van der Waals surface area (Å²) in [6.07, 6.45) is 5.39. The standard InChI is InChI=1S/C25H22N2O4/c28-21(26-14-6-8-16(9-7-14)31-15-4-2-1-3-5-15)13-27-24(29)22-17-10-11-18(20-12-19(17)20)23(22)25(27)30/h1-11,17-20,22-23H,12-13H2,(H,26,28)/t17-,18-,19-,20-,22+,23+/m1/s1. The van der Waals surface area contributed by atoms with Gasteiger partial charge in [-0.1, -0.05) is 30.4 Å². The number of carbonyl (C=O) groups excluding carboxylic acids is 3. The van der Waals surface area contributed by atoms with Crippen LogP contribution < -0.4 is 10.1 Å². The third kappa shape index (κ3) is 2.97. The summed E-state index contributed by atoms with van der Waals surface area (Å²) in [5.74, 6) is 1.56. The molecule has 6 nitrogen and oxygen atoms in total. The highest BCUT2D eigenvalue weighted by molar-refractivity contribution is 6.09. The van der Waals surface area contributed by atoms with Crippen LogP contribution in [0.4, 0.5) is 5.69 Å². The summed E-state index contributed by atoms with van der Waals surface area (Å²) < 4.78 is 5.75. The Bertz CT molecular complexity index is 1060. The molecule has 0 radical (unpaired) electrons. The van der Waals surface area contributed by atoms with Gasteiger partial charge >= 0.3 is 0 Å². The zero-order valence-electron chi connectivity index (χ0n) is 16.8. The lowest BCUT2D eigenvalue weighted by Crippen LogP contribution is -2.40. The van der Waals surface area contributed by atoms with Gasteiger partial charge in [0.2, 0.25) is 17.7 Å². The van der Waals surface area contributed by atoms with Crippen LogP contribution in [0.25, 0.3) is 0 Å². The minimum atomic E-state index is -0.373. The van der Waals surface area contributed by atoms with Crippen molar-refractivity contribution in [1.82, 2.24) is 4.90 Å². The molecule has 0 spiro atoms. The Morgan fingerprint density at radius 2 is 1.45 bits per heavy atom. The molecule has 0 unspecified atom stereocenters. The van der Waals surface area contributed by atoms with Gasteiger partial charge in [-0.25, -0.2) is 0 Å². The van der Waals surface area contributed by atoms with Crippen LogP contribution in [-0.4, -0.2) is 29.2 Å². The van der Waals surface area contributed by atoms with Crippen LogP contribution >= 0.6 is 0 Å². The van der Waals surface area contributed by atoms with Gasteiger partial charge in [0.15, 0.2) is 0 Å². The van der Waals surface area contributed by atoms with E-state index in [9.17, 15) is 14.4 Å². The second-order valence-electron chi connectivity index (χ2n) is 8.90. The molecule has 0 aromatic heterocycles. The SMILES string of the molecule is O=C(CN1C(=O)[C@H]2[C@@H]3C=C[C@H]([C@H]4C[C@H]34)[C@@H]2C1=O)Nc1ccc(Oc2ccccc2)cc1. The predicted octanol–water partition coefficient (Wildman–Crippen LogP) is 3.47. The molecule has 2 saturated carbocycles. The number of amides is 3. The van der Waals surface area contributed by atoms with E-state index in [0.717, 1.165) is 12.2 Å².